The van der Waals surface area contributed by atoms with Gasteiger partial charge >= 0.3 is 6.03 Å². The zero-order chi connectivity index (χ0) is 21.3. The lowest BCUT2D eigenvalue weighted by atomic mass is 10.3. The second-order valence-corrected chi connectivity index (χ2v) is 8.45. The molecule has 1 heterocycles. The van der Waals surface area contributed by atoms with E-state index in [4.69, 9.17) is 25.8 Å². The summed E-state index contributed by atoms with van der Waals surface area (Å²) in [6.07, 6.45) is 7.97. The number of benzene rings is 1. The Hall–Kier alpha value is -2.29. The Balaban J connectivity index is 1.48. The molecule has 30 heavy (non-hydrogen) atoms. The van der Waals surface area contributed by atoms with Gasteiger partial charge in [-0.1, -0.05) is 29.0 Å². The van der Waals surface area contributed by atoms with E-state index in [1.54, 1.807) is 25.4 Å². The third kappa shape index (κ3) is 7.51. The Bertz CT molecular complexity index is 870. The summed E-state index contributed by atoms with van der Waals surface area (Å²) in [5, 5.41) is 6.50. The molecule has 1 aromatic heterocycles. The van der Waals surface area contributed by atoms with Gasteiger partial charge in [-0.05, 0) is 43.9 Å². The van der Waals surface area contributed by atoms with E-state index in [9.17, 15) is 4.79 Å². The average Bonchev–Trinajstić information content (AvgIpc) is 3.44. The minimum absolute atomic E-state index is 0.142. The van der Waals surface area contributed by atoms with E-state index in [1.165, 1.54) is 24.2 Å². The van der Waals surface area contributed by atoms with Crippen molar-refractivity contribution in [2.75, 3.05) is 26.9 Å². The minimum Gasteiger partial charge on any atom is -0.493 e. The van der Waals surface area contributed by atoms with Gasteiger partial charge in [0.15, 0.2) is 0 Å². The molecular weight excluding hydrogens is 426 g/mol. The summed E-state index contributed by atoms with van der Waals surface area (Å²) in [4.78, 5) is 16.9. The van der Waals surface area contributed by atoms with Crippen molar-refractivity contribution in [2.24, 2.45) is 5.92 Å². The lowest BCUT2D eigenvalue weighted by Crippen LogP contribution is -2.41. The summed E-state index contributed by atoms with van der Waals surface area (Å²) < 4.78 is 16.4. The lowest BCUT2D eigenvalue weighted by Gasteiger charge is -2.10. The van der Waals surface area contributed by atoms with Crippen LogP contribution in [-0.4, -0.2) is 43.9 Å². The van der Waals surface area contributed by atoms with Gasteiger partial charge in [0, 0.05) is 32.0 Å². The maximum Gasteiger partial charge on any atom is 0.315 e. The number of amides is 2. The maximum atomic E-state index is 11.7. The van der Waals surface area contributed by atoms with Crippen molar-refractivity contribution in [3.63, 3.8) is 0 Å². The van der Waals surface area contributed by atoms with Crippen molar-refractivity contribution in [3.8, 4) is 16.7 Å². The molecule has 2 amide bonds. The number of aromatic nitrogens is 1. The van der Waals surface area contributed by atoms with Crippen molar-refractivity contribution in [2.45, 2.75) is 25.8 Å². The first kappa shape index (κ1) is 22.4. The van der Waals surface area contributed by atoms with E-state index >= 15 is 0 Å². The first-order chi connectivity index (χ1) is 14.5. The van der Waals surface area contributed by atoms with Crippen LogP contribution < -0.4 is 20.1 Å². The zero-order valence-electron chi connectivity index (χ0n) is 17.0. The number of halogens is 1. The molecular formula is C21H26ClN3O4S. The Morgan fingerprint density at radius 2 is 2.27 bits per heavy atom. The molecule has 1 aromatic carbocycles. The van der Waals surface area contributed by atoms with Crippen LogP contribution in [0.2, 0.25) is 5.02 Å². The topological polar surface area (TPSA) is 81.7 Å². The number of carbonyl (C=O) groups excluding carboxylic acids is 1. The third-order valence-corrected chi connectivity index (χ3v) is 5.42. The van der Waals surface area contributed by atoms with E-state index in [2.05, 4.69) is 15.6 Å². The highest BCUT2D eigenvalue weighted by molar-refractivity contribution is 7.14. The molecule has 1 fully saturated rings. The number of urea groups is 1. The molecule has 0 unspecified atom stereocenters. The second kappa shape index (κ2) is 11.2. The van der Waals surface area contributed by atoms with Crippen molar-refractivity contribution in [1.29, 1.82) is 0 Å². The number of methoxy groups -OCH3 is 1. The van der Waals surface area contributed by atoms with Crippen LogP contribution in [0.25, 0.3) is 6.08 Å². The molecule has 9 heteroatoms. The fraction of sp³-hybridized carbons (Fsp3) is 0.429. The molecule has 1 atom stereocenters. The van der Waals surface area contributed by atoms with E-state index in [0.717, 1.165) is 17.2 Å². The molecule has 0 saturated heterocycles. The molecule has 7 nitrogen and oxygen atoms in total. The van der Waals surface area contributed by atoms with Gasteiger partial charge in [0.25, 0.3) is 5.19 Å². The van der Waals surface area contributed by atoms with E-state index < -0.39 is 0 Å². The molecule has 3 rings (SSSR count). The predicted molar refractivity (Wildman–Crippen MR) is 119 cm³/mol. The summed E-state index contributed by atoms with van der Waals surface area (Å²) >= 11 is 7.70. The van der Waals surface area contributed by atoms with Gasteiger partial charge in [-0.2, -0.15) is 0 Å². The largest absolute Gasteiger partial charge is 0.493 e. The quantitative estimate of drug-likeness (QED) is 0.483. The molecule has 0 aliphatic heterocycles. The van der Waals surface area contributed by atoms with Crippen LogP contribution in [0, 0.1) is 5.92 Å². The van der Waals surface area contributed by atoms with Gasteiger partial charge in [-0.3, -0.25) is 0 Å². The number of hydrogen-bond donors (Lipinski definition) is 2. The minimum atomic E-state index is -0.239. The number of ether oxygens (including phenoxy) is 3. The SMILES string of the molecule is COCCNC(=O)N[C@@H](C)C=Cc1cnc(Oc2ccc(OCC3CC3)cc2Cl)s1. The van der Waals surface area contributed by atoms with Gasteiger partial charge in [-0.15, -0.1) is 0 Å². The summed E-state index contributed by atoms with van der Waals surface area (Å²) in [6, 6.07) is 5.02. The molecule has 162 valence electrons. The van der Waals surface area contributed by atoms with Gasteiger partial charge in [0.1, 0.15) is 11.5 Å². The summed E-state index contributed by atoms with van der Waals surface area (Å²) in [7, 11) is 1.59. The Kier molecular flexibility index (Phi) is 8.36. The summed E-state index contributed by atoms with van der Waals surface area (Å²) in [6.45, 7) is 3.56. The van der Waals surface area contributed by atoms with Crippen LogP contribution in [0.1, 0.15) is 24.6 Å². The first-order valence-corrected chi connectivity index (χ1v) is 11.0. The molecule has 0 radical (unpaired) electrons. The maximum absolute atomic E-state index is 11.7. The normalized spacial score (nSPS) is 14.5. The Morgan fingerprint density at radius 1 is 1.43 bits per heavy atom. The highest BCUT2D eigenvalue weighted by Crippen LogP contribution is 2.35. The zero-order valence-corrected chi connectivity index (χ0v) is 18.6. The molecule has 2 aromatic rings. The van der Waals surface area contributed by atoms with Crippen LogP contribution in [0.5, 0.6) is 16.7 Å². The van der Waals surface area contributed by atoms with Crippen molar-refractivity contribution in [1.82, 2.24) is 15.6 Å². The molecule has 0 bridgehead atoms. The van der Waals surface area contributed by atoms with Crippen LogP contribution in [0.4, 0.5) is 4.79 Å². The standard InChI is InChI=1S/C21H26ClN3O4S/c1-14(25-20(26)23-9-10-27-2)3-7-17-12-24-21(30-17)29-19-8-6-16(11-18(19)22)28-13-15-4-5-15/h3,6-8,11-12,14-15H,4-5,9-10,13H2,1-2H3,(H2,23,25,26)/t14-/m0/s1. The number of rotatable bonds is 11. The number of nitrogens with one attached hydrogen (secondary N) is 2. The van der Waals surface area contributed by atoms with Gasteiger partial charge < -0.3 is 24.8 Å². The van der Waals surface area contributed by atoms with Crippen molar-refractivity contribution >= 4 is 35.0 Å². The van der Waals surface area contributed by atoms with Crippen LogP contribution in [-0.2, 0) is 4.74 Å². The first-order valence-electron chi connectivity index (χ1n) is 9.81. The summed E-state index contributed by atoms with van der Waals surface area (Å²) in [5.74, 6) is 1.96. The van der Waals surface area contributed by atoms with Gasteiger partial charge in [0.05, 0.1) is 23.1 Å². The highest BCUT2D eigenvalue weighted by Gasteiger charge is 2.22. The summed E-state index contributed by atoms with van der Waals surface area (Å²) in [5.41, 5.74) is 0. The molecule has 0 spiro atoms. The number of carbonyl (C=O) groups is 1. The highest BCUT2D eigenvalue weighted by atomic mass is 35.5. The van der Waals surface area contributed by atoms with E-state index in [0.29, 0.717) is 35.0 Å². The van der Waals surface area contributed by atoms with Crippen LogP contribution in [0.3, 0.4) is 0 Å². The molecule has 1 aliphatic carbocycles. The van der Waals surface area contributed by atoms with Crippen molar-refractivity contribution < 1.29 is 19.0 Å². The number of hydrogen-bond acceptors (Lipinski definition) is 6. The predicted octanol–water partition coefficient (Wildman–Crippen LogP) is 4.72. The molecule has 1 saturated carbocycles. The molecule has 2 N–H and O–H groups in total. The van der Waals surface area contributed by atoms with Crippen LogP contribution in [0.15, 0.2) is 30.5 Å². The number of thiazole rings is 1. The van der Waals surface area contributed by atoms with Crippen LogP contribution >= 0.6 is 22.9 Å². The second-order valence-electron chi connectivity index (χ2n) is 7.02. The monoisotopic (exact) mass is 451 g/mol. The third-order valence-electron chi connectivity index (χ3n) is 4.29. The lowest BCUT2D eigenvalue weighted by molar-refractivity contribution is 0.195. The van der Waals surface area contributed by atoms with Gasteiger partial charge in [-0.25, -0.2) is 9.78 Å². The smallest absolute Gasteiger partial charge is 0.315 e. The Labute approximate surface area is 185 Å². The van der Waals surface area contributed by atoms with E-state index in [-0.39, 0.29) is 12.1 Å². The molecule has 1 aliphatic rings. The van der Waals surface area contributed by atoms with Gasteiger partial charge in [0.2, 0.25) is 0 Å². The van der Waals surface area contributed by atoms with E-state index in [1.807, 2.05) is 25.1 Å². The number of nitrogens with zero attached hydrogens (tertiary/aromatic N) is 1. The Morgan fingerprint density at radius 3 is 3.00 bits per heavy atom. The fourth-order valence-electron chi connectivity index (χ4n) is 2.45. The fourth-order valence-corrected chi connectivity index (χ4v) is 3.35. The van der Waals surface area contributed by atoms with Crippen molar-refractivity contribution in [3.05, 3.63) is 40.4 Å². The average molecular weight is 452 g/mol.